The van der Waals surface area contributed by atoms with Crippen LogP contribution in [0.15, 0.2) is 18.3 Å². The monoisotopic (exact) mass is 161 g/mol. The molecule has 0 atom stereocenters. The first-order valence-corrected chi connectivity index (χ1v) is 3.73. The van der Waals surface area contributed by atoms with E-state index in [4.69, 9.17) is 4.74 Å². The normalized spacial score (nSPS) is 10.8. The van der Waals surface area contributed by atoms with E-state index in [1.165, 1.54) is 0 Å². The third-order valence-electron chi connectivity index (χ3n) is 1.78. The lowest BCUT2D eigenvalue weighted by atomic mass is 10.1. The summed E-state index contributed by atoms with van der Waals surface area (Å²) in [6, 6.07) is 6.94. The Morgan fingerprint density at radius 1 is 1.67 bits per heavy atom. The van der Waals surface area contributed by atoms with E-state index in [9.17, 15) is 0 Å². The summed E-state index contributed by atoms with van der Waals surface area (Å²) in [5, 5.41) is 7.85. The maximum Gasteiger partial charge on any atom is 0.0734 e. The minimum atomic E-state index is 0.605. The fourth-order valence-electron chi connectivity index (χ4n) is 1.23. The number of benzene rings is 1. The molecule has 0 aliphatic rings. The molecule has 0 saturated heterocycles. The molecule has 0 amide bonds. The van der Waals surface area contributed by atoms with Crippen LogP contribution < -0.4 is 0 Å². The smallest absolute Gasteiger partial charge is 0.0734 e. The molecule has 61 valence electrons. The molecule has 0 bridgehead atoms. The van der Waals surface area contributed by atoms with E-state index >= 15 is 0 Å². The molecule has 0 fully saturated rings. The van der Waals surface area contributed by atoms with E-state index in [0.29, 0.717) is 6.61 Å². The molecule has 0 aliphatic carbocycles. The van der Waals surface area contributed by atoms with Gasteiger partial charge in [0.05, 0.1) is 18.3 Å². The Hall–Kier alpha value is -1.35. The molecule has 0 saturated carbocycles. The van der Waals surface area contributed by atoms with Crippen molar-refractivity contribution in [3.63, 3.8) is 0 Å². The molecular formula is C9H9N2O. The number of hydrogen-bond acceptors (Lipinski definition) is 2. The van der Waals surface area contributed by atoms with E-state index in [1.54, 1.807) is 13.3 Å². The summed E-state index contributed by atoms with van der Waals surface area (Å²) < 4.78 is 5.04. The number of hydrogen-bond donors (Lipinski definition) is 1. The second kappa shape index (κ2) is 2.95. The third kappa shape index (κ3) is 1.08. The number of nitrogens with zero attached hydrogens (tertiary/aromatic N) is 1. The molecule has 12 heavy (non-hydrogen) atoms. The first-order valence-electron chi connectivity index (χ1n) is 3.73. The van der Waals surface area contributed by atoms with Crippen molar-refractivity contribution < 1.29 is 4.74 Å². The molecule has 1 N–H and O–H groups in total. The highest BCUT2D eigenvalue weighted by atomic mass is 16.5. The number of aromatic nitrogens is 2. The Morgan fingerprint density at radius 3 is 3.42 bits per heavy atom. The molecule has 2 aromatic rings. The average Bonchev–Trinajstić information content (AvgIpc) is 2.53. The summed E-state index contributed by atoms with van der Waals surface area (Å²) in [6.07, 6.45) is 1.76. The molecule has 1 heterocycles. The minimum absolute atomic E-state index is 0.605. The zero-order valence-electron chi connectivity index (χ0n) is 6.79. The van der Waals surface area contributed by atoms with Crippen molar-refractivity contribution in [3.8, 4) is 0 Å². The molecule has 1 aromatic heterocycles. The topological polar surface area (TPSA) is 37.9 Å². The summed E-state index contributed by atoms with van der Waals surface area (Å²) in [5.41, 5.74) is 2.13. The van der Waals surface area contributed by atoms with Crippen molar-refractivity contribution in [2.45, 2.75) is 6.61 Å². The molecule has 1 radical (unpaired) electrons. The predicted octanol–water partition coefficient (Wildman–Crippen LogP) is 1.51. The highest BCUT2D eigenvalue weighted by Gasteiger charge is 2.00. The van der Waals surface area contributed by atoms with Crippen LogP contribution in [0, 0.1) is 6.07 Å². The van der Waals surface area contributed by atoms with Crippen LogP contribution in [-0.2, 0) is 11.3 Å². The number of rotatable bonds is 2. The summed E-state index contributed by atoms with van der Waals surface area (Å²) >= 11 is 0. The SMILES string of the molecule is COCc1cc[c]c2cn[nH]c12. The van der Waals surface area contributed by atoms with Crippen molar-refractivity contribution in [3.05, 3.63) is 30.0 Å². The summed E-state index contributed by atoms with van der Waals surface area (Å²) in [7, 11) is 1.68. The average molecular weight is 161 g/mol. The number of H-pyrrole nitrogens is 1. The maximum absolute atomic E-state index is 5.04. The lowest BCUT2D eigenvalue weighted by Gasteiger charge is -1.99. The van der Waals surface area contributed by atoms with Gasteiger partial charge in [-0.3, -0.25) is 5.10 Å². The zero-order valence-corrected chi connectivity index (χ0v) is 6.79. The standard InChI is InChI=1S/C9H9N2O/c1-12-6-8-4-2-3-7-5-10-11-9(7)8/h2,4-5H,6H2,1H3,(H,10,11). The van der Waals surface area contributed by atoms with E-state index in [-0.39, 0.29) is 0 Å². The van der Waals surface area contributed by atoms with Crippen molar-refractivity contribution >= 4 is 10.9 Å². The molecule has 0 spiro atoms. The van der Waals surface area contributed by atoms with Crippen LogP contribution in [0.25, 0.3) is 10.9 Å². The van der Waals surface area contributed by atoms with Crippen LogP contribution in [0.1, 0.15) is 5.56 Å². The lowest BCUT2D eigenvalue weighted by molar-refractivity contribution is 0.186. The van der Waals surface area contributed by atoms with Crippen molar-refractivity contribution in [2.24, 2.45) is 0 Å². The molecule has 3 nitrogen and oxygen atoms in total. The van der Waals surface area contributed by atoms with Gasteiger partial charge in [0.25, 0.3) is 0 Å². The van der Waals surface area contributed by atoms with E-state index < -0.39 is 0 Å². The van der Waals surface area contributed by atoms with Gasteiger partial charge in [-0.25, -0.2) is 0 Å². The van der Waals surface area contributed by atoms with Crippen LogP contribution in [0.5, 0.6) is 0 Å². The van der Waals surface area contributed by atoms with Gasteiger partial charge in [0, 0.05) is 18.1 Å². The Labute approximate surface area is 70.4 Å². The van der Waals surface area contributed by atoms with Gasteiger partial charge in [-0.1, -0.05) is 12.1 Å². The summed E-state index contributed by atoms with van der Waals surface area (Å²) in [6.45, 7) is 0.605. The Bertz CT molecular complexity index is 381. The van der Waals surface area contributed by atoms with Crippen molar-refractivity contribution in [1.82, 2.24) is 10.2 Å². The van der Waals surface area contributed by atoms with Crippen molar-refractivity contribution in [1.29, 1.82) is 0 Å². The molecule has 3 heteroatoms. The predicted molar refractivity (Wildman–Crippen MR) is 45.6 cm³/mol. The highest BCUT2D eigenvalue weighted by Crippen LogP contribution is 2.15. The van der Waals surface area contributed by atoms with Crippen LogP contribution in [0.2, 0.25) is 0 Å². The van der Waals surface area contributed by atoms with Gasteiger partial charge >= 0.3 is 0 Å². The van der Waals surface area contributed by atoms with Crippen LogP contribution >= 0.6 is 0 Å². The first-order chi connectivity index (χ1) is 5.92. The Balaban J connectivity index is 2.57. The van der Waals surface area contributed by atoms with Gasteiger partial charge in [0.15, 0.2) is 0 Å². The van der Waals surface area contributed by atoms with Gasteiger partial charge in [0.1, 0.15) is 0 Å². The van der Waals surface area contributed by atoms with Crippen LogP contribution in [-0.4, -0.2) is 17.3 Å². The molecule has 0 unspecified atom stereocenters. The second-order valence-electron chi connectivity index (χ2n) is 2.59. The van der Waals surface area contributed by atoms with Gasteiger partial charge in [0.2, 0.25) is 0 Å². The summed E-state index contributed by atoms with van der Waals surface area (Å²) in [4.78, 5) is 0. The molecule has 2 rings (SSSR count). The molecule has 1 aromatic carbocycles. The number of methoxy groups -OCH3 is 1. The van der Waals surface area contributed by atoms with Gasteiger partial charge in [-0.05, 0) is 6.07 Å². The van der Waals surface area contributed by atoms with Gasteiger partial charge in [-0.2, -0.15) is 5.10 Å². The van der Waals surface area contributed by atoms with Gasteiger partial charge < -0.3 is 4.74 Å². The minimum Gasteiger partial charge on any atom is -0.380 e. The fraction of sp³-hybridized carbons (Fsp3) is 0.222. The zero-order chi connectivity index (χ0) is 8.39. The molecule has 0 aliphatic heterocycles. The Morgan fingerprint density at radius 2 is 2.58 bits per heavy atom. The maximum atomic E-state index is 5.04. The second-order valence-corrected chi connectivity index (χ2v) is 2.59. The van der Waals surface area contributed by atoms with Crippen LogP contribution in [0.3, 0.4) is 0 Å². The first kappa shape index (κ1) is 7.31. The molecular weight excluding hydrogens is 152 g/mol. The van der Waals surface area contributed by atoms with E-state index in [2.05, 4.69) is 16.3 Å². The number of aromatic amines is 1. The van der Waals surface area contributed by atoms with E-state index in [0.717, 1.165) is 16.5 Å². The Kier molecular flexibility index (Phi) is 1.80. The summed E-state index contributed by atoms with van der Waals surface area (Å²) in [5.74, 6) is 0. The van der Waals surface area contributed by atoms with Crippen LogP contribution in [0.4, 0.5) is 0 Å². The van der Waals surface area contributed by atoms with Crippen molar-refractivity contribution in [2.75, 3.05) is 7.11 Å². The lowest BCUT2D eigenvalue weighted by Crippen LogP contribution is -1.88. The quantitative estimate of drug-likeness (QED) is 0.725. The number of fused-ring (bicyclic) bond motifs is 1. The highest BCUT2D eigenvalue weighted by molar-refractivity contribution is 5.80. The van der Waals surface area contributed by atoms with Gasteiger partial charge in [-0.15, -0.1) is 0 Å². The number of ether oxygens (including phenoxy) is 1. The van der Waals surface area contributed by atoms with E-state index in [1.807, 2.05) is 12.1 Å². The third-order valence-corrected chi connectivity index (χ3v) is 1.78. The fourth-order valence-corrected chi connectivity index (χ4v) is 1.23. The number of nitrogens with one attached hydrogen (secondary N) is 1. The largest absolute Gasteiger partial charge is 0.380 e.